The molecule has 0 spiro atoms. The van der Waals surface area contributed by atoms with Gasteiger partial charge in [0.25, 0.3) is 5.92 Å². The molecule has 3 N–H and O–H groups in total. The average molecular weight is 632 g/mol. The summed E-state index contributed by atoms with van der Waals surface area (Å²) in [5.74, 6) is -3.13. The summed E-state index contributed by atoms with van der Waals surface area (Å²) in [5, 5.41) is 9.20. The summed E-state index contributed by atoms with van der Waals surface area (Å²) in [5.41, 5.74) is 7.03. The van der Waals surface area contributed by atoms with Crippen molar-refractivity contribution >= 4 is 31.8 Å². The maximum Gasteiger partial charge on any atom is 0.261 e. The Kier molecular flexibility index (Phi) is 7.18. The molecule has 0 unspecified atom stereocenters. The first kappa shape index (κ1) is 29.1. The van der Waals surface area contributed by atoms with Gasteiger partial charge in [0.15, 0.2) is 0 Å². The van der Waals surface area contributed by atoms with E-state index in [4.69, 9.17) is 0 Å². The van der Waals surface area contributed by atoms with E-state index in [2.05, 4.69) is 29.9 Å². The third kappa shape index (κ3) is 6.19. The minimum atomic E-state index is -3.45. The van der Waals surface area contributed by atoms with Crippen molar-refractivity contribution in [3.05, 3.63) is 90.1 Å². The first-order valence-electron chi connectivity index (χ1n) is 14.2. The van der Waals surface area contributed by atoms with E-state index in [0.717, 1.165) is 33.7 Å². The lowest BCUT2D eigenvalue weighted by molar-refractivity contribution is 0.0115. The van der Waals surface area contributed by atoms with Crippen molar-refractivity contribution in [1.29, 1.82) is 0 Å². The highest BCUT2D eigenvalue weighted by Crippen LogP contribution is 2.35. The van der Waals surface area contributed by atoms with Crippen molar-refractivity contribution in [2.75, 3.05) is 19.3 Å². The number of halogens is 3. The van der Waals surface area contributed by atoms with Gasteiger partial charge >= 0.3 is 0 Å². The molecule has 1 aliphatic heterocycles. The Morgan fingerprint density at radius 1 is 0.978 bits per heavy atom. The molecule has 0 saturated carbocycles. The number of aromatic nitrogens is 5. The predicted octanol–water partition coefficient (Wildman–Crippen LogP) is 5.86. The van der Waals surface area contributed by atoms with Crippen molar-refractivity contribution in [2.24, 2.45) is 0 Å². The van der Waals surface area contributed by atoms with Gasteiger partial charge in [0.05, 0.1) is 47.6 Å². The van der Waals surface area contributed by atoms with Crippen molar-refractivity contribution in [3.63, 3.8) is 0 Å². The van der Waals surface area contributed by atoms with E-state index in [0.29, 0.717) is 52.4 Å². The number of nitrogens with one attached hydrogen (secondary N) is 3. The van der Waals surface area contributed by atoms with E-state index < -0.39 is 21.8 Å². The van der Waals surface area contributed by atoms with Gasteiger partial charge in [0, 0.05) is 54.2 Å². The number of hydrogen-bond donors (Lipinski definition) is 3. The number of pyridine rings is 2. The van der Waals surface area contributed by atoms with Gasteiger partial charge in [-0.2, -0.15) is 5.10 Å². The molecule has 1 aliphatic rings. The number of nitrogens with zero attached hydrogens (tertiary/aromatic N) is 4. The number of likely N-dealkylation sites (tertiary alicyclic amines) is 1. The van der Waals surface area contributed by atoms with E-state index in [-0.39, 0.29) is 19.5 Å². The molecular formula is C32H28F3N7O2S. The van der Waals surface area contributed by atoms with Gasteiger partial charge in [-0.15, -0.1) is 0 Å². The number of rotatable bonds is 8. The van der Waals surface area contributed by atoms with Gasteiger partial charge in [0.2, 0.25) is 10.0 Å². The van der Waals surface area contributed by atoms with Crippen LogP contribution in [-0.4, -0.2) is 63.7 Å². The number of hydrogen-bond acceptors (Lipinski definition) is 6. The average Bonchev–Trinajstić information content (AvgIpc) is 3.71. The van der Waals surface area contributed by atoms with Gasteiger partial charge in [-0.1, -0.05) is 18.2 Å². The lowest BCUT2D eigenvalue weighted by Gasteiger charge is -2.16. The Bertz CT molecular complexity index is 2180. The highest BCUT2D eigenvalue weighted by atomic mass is 32.2. The molecule has 0 atom stereocenters. The number of benzene rings is 2. The lowest BCUT2D eigenvalue weighted by Crippen LogP contribution is -2.24. The molecule has 1 saturated heterocycles. The number of fused-ring (bicyclic) bond motifs is 2. The fourth-order valence-corrected chi connectivity index (χ4v) is 6.27. The third-order valence-electron chi connectivity index (χ3n) is 7.93. The van der Waals surface area contributed by atoms with Gasteiger partial charge in [-0.25, -0.2) is 26.3 Å². The number of alkyl halides is 2. The van der Waals surface area contributed by atoms with E-state index in [1.807, 2.05) is 36.4 Å². The van der Waals surface area contributed by atoms with Crippen LogP contribution in [0.2, 0.25) is 0 Å². The molecule has 45 heavy (non-hydrogen) atoms. The summed E-state index contributed by atoms with van der Waals surface area (Å²) in [6, 6.07) is 16.0. The minimum absolute atomic E-state index is 0.0435. The smallest absolute Gasteiger partial charge is 0.261 e. The summed E-state index contributed by atoms with van der Waals surface area (Å²) < 4.78 is 67.6. The van der Waals surface area contributed by atoms with Crippen LogP contribution >= 0.6 is 0 Å². The molecule has 9 nitrogen and oxygen atoms in total. The first-order chi connectivity index (χ1) is 21.5. The summed E-state index contributed by atoms with van der Waals surface area (Å²) >= 11 is 0. The van der Waals surface area contributed by atoms with Crippen LogP contribution in [0.5, 0.6) is 0 Å². The van der Waals surface area contributed by atoms with Crippen LogP contribution in [0.3, 0.4) is 0 Å². The molecule has 7 rings (SSSR count). The fraction of sp³-hybridized carbons (Fsp3) is 0.219. The Labute approximate surface area is 256 Å². The maximum atomic E-state index is 14.6. The molecule has 5 heterocycles. The Morgan fingerprint density at radius 2 is 1.82 bits per heavy atom. The van der Waals surface area contributed by atoms with E-state index in [1.165, 1.54) is 12.1 Å². The van der Waals surface area contributed by atoms with Crippen LogP contribution in [0.15, 0.2) is 73.2 Å². The standard InChI is InChI=1S/C32H28F3N7O2S/c1-45(43,44)38-13-20-8-22(10-23(33)9-20)26-14-36-15-29-24(26)11-28(39-29)31-25-12-27(37-16-30(25)40-41-31)21-4-2-3-19(7-21)17-42-6-5-32(34,35)18-42/h2-4,7-12,14-16,38-39H,5-6,13,17-18H2,1H3,(H,40,41). The van der Waals surface area contributed by atoms with Crippen LogP contribution < -0.4 is 4.72 Å². The van der Waals surface area contributed by atoms with Crippen LogP contribution in [0.4, 0.5) is 13.2 Å². The molecule has 0 bridgehead atoms. The van der Waals surface area contributed by atoms with E-state index in [9.17, 15) is 21.6 Å². The third-order valence-corrected chi connectivity index (χ3v) is 8.60. The van der Waals surface area contributed by atoms with Gasteiger partial charge in [-0.3, -0.25) is 20.0 Å². The molecule has 0 aliphatic carbocycles. The molecule has 6 aromatic rings. The second kappa shape index (κ2) is 11.1. The quantitative estimate of drug-likeness (QED) is 0.194. The Balaban J connectivity index is 1.22. The zero-order valence-electron chi connectivity index (χ0n) is 24.1. The highest BCUT2D eigenvalue weighted by Gasteiger charge is 2.37. The monoisotopic (exact) mass is 631 g/mol. The second-order valence-electron chi connectivity index (χ2n) is 11.5. The summed E-state index contributed by atoms with van der Waals surface area (Å²) in [6.45, 7) is 0.526. The van der Waals surface area contributed by atoms with Gasteiger partial charge in [0.1, 0.15) is 11.5 Å². The van der Waals surface area contributed by atoms with E-state index >= 15 is 0 Å². The van der Waals surface area contributed by atoms with Crippen LogP contribution in [0.25, 0.3) is 55.6 Å². The van der Waals surface area contributed by atoms with Crippen molar-refractivity contribution in [3.8, 4) is 33.8 Å². The predicted molar refractivity (Wildman–Crippen MR) is 166 cm³/mol. The van der Waals surface area contributed by atoms with Gasteiger partial charge < -0.3 is 4.98 Å². The second-order valence-corrected chi connectivity index (χ2v) is 13.3. The lowest BCUT2D eigenvalue weighted by atomic mass is 10.0. The normalized spacial score (nSPS) is 15.4. The molecule has 230 valence electrons. The van der Waals surface area contributed by atoms with Crippen molar-refractivity contribution in [2.45, 2.75) is 25.4 Å². The summed E-state index contributed by atoms with van der Waals surface area (Å²) in [6.07, 6.45) is 5.96. The van der Waals surface area contributed by atoms with Gasteiger partial charge in [-0.05, 0) is 53.1 Å². The number of H-pyrrole nitrogens is 2. The van der Waals surface area contributed by atoms with E-state index in [1.54, 1.807) is 29.6 Å². The summed E-state index contributed by atoms with van der Waals surface area (Å²) in [4.78, 5) is 14.1. The largest absolute Gasteiger partial charge is 0.352 e. The Morgan fingerprint density at radius 3 is 2.62 bits per heavy atom. The van der Waals surface area contributed by atoms with Crippen LogP contribution in [-0.2, 0) is 23.1 Å². The number of sulfonamides is 1. The molecular weight excluding hydrogens is 603 g/mol. The highest BCUT2D eigenvalue weighted by molar-refractivity contribution is 7.88. The maximum absolute atomic E-state index is 14.6. The SMILES string of the molecule is CS(=O)(=O)NCc1cc(F)cc(-c2cncc3[nH]c(-c4n[nH]c5cnc(-c6cccc(CN7CCC(F)(F)C7)c6)cc45)cc23)c1. The molecule has 1 fully saturated rings. The first-order valence-corrected chi connectivity index (χ1v) is 16.1. The van der Waals surface area contributed by atoms with Crippen LogP contribution in [0.1, 0.15) is 17.5 Å². The molecule has 2 aromatic carbocycles. The van der Waals surface area contributed by atoms with Crippen molar-refractivity contribution < 1.29 is 21.6 Å². The Hall–Kier alpha value is -4.59. The zero-order valence-corrected chi connectivity index (χ0v) is 24.9. The molecule has 13 heteroatoms. The number of aromatic amines is 2. The fourth-order valence-electron chi connectivity index (χ4n) is 5.84. The molecule has 0 radical (unpaired) electrons. The van der Waals surface area contributed by atoms with Crippen molar-refractivity contribution in [1.82, 2.24) is 34.8 Å². The molecule has 0 amide bonds. The zero-order chi connectivity index (χ0) is 31.3. The summed E-state index contributed by atoms with van der Waals surface area (Å²) in [7, 11) is -3.45. The molecule has 4 aromatic heterocycles. The topological polar surface area (TPSA) is 120 Å². The van der Waals surface area contributed by atoms with Crippen LogP contribution in [0, 0.1) is 5.82 Å². The minimum Gasteiger partial charge on any atom is -0.352 e.